The number of nitrogens with one attached hydrogen (secondary N) is 1. The third-order valence-corrected chi connectivity index (χ3v) is 3.97. The SMILES string of the molecule is c1ccc(CNCCc2nc(-c3cccnc3)cs2)nc1. The average Bonchev–Trinajstić information content (AvgIpc) is 3.02. The predicted octanol–water partition coefficient (Wildman–Crippen LogP) is 2.93. The minimum Gasteiger partial charge on any atom is -0.311 e. The molecule has 106 valence electrons. The van der Waals surface area contributed by atoms with Gasteiger partial charge in [0.1, 0.15) is 0 Å². The van der Waals surface area contributed by atoms with E-state index in [0.717, 1.165) is 41.5 Å². The second kappa shape index (κ2) is 7.06. The summed E-state index contributed by atoms with van der Waals surface area (Å²) in [4.78, 5) is 13.1. The van der Waals surface area contributed by atoms with Crippen LogP contribution >= 0.6 is 11.3 Å². The molecule has 0 saturated carbocycles. The van der Waals surface area contributed by atoms with E-state index in [1.54, 1.807) is 17.5 Å². The van der Waals surface area contributed by atoms with Gasteiger partial charge in [-0.3, -0.25) is 9.97 Å². The Labute approximate surface area is 127 Å². The highest BCUT2D eigenvalue weighted by Crippen LogP contribution is 2.20. The first-order valence-electron chi connectivity index (χ1n) is 6.87. The van der Waals surface area contributed by atoms with E-state index in [-0.39, 0.29) is 0 Å². The van der Waals surface area contributed by atoms with Crippen molar-refractivity contribution in [3.8, 4) is 11.3 Å². The van der Waals surface area contributed by atoms with Crippen LogP contribution in [0.15, 0.2) is 54.3 Å². The maximum Gasteiger partial charge on any atom is 0.0945 e. The van der Waals surface area contributed by atoms with Gasteiger partial charge in [0.2, 0.25) is 0 Å². The molecular formula is C16H16N4S. The van der Waals surface area contributed by atoms with E-state index < -0.39 is 0 Å². The quantitative estimate of drug-likeness (QED) is 0.711. The Morgan fingerprint density at radius 2 is 2.10 bits per heavy atom. The highest BCUT2D eigenvalue weighted by Gasteiger charge is 2.04. The molecule has 0 amide bonds. The standard InChI is InChI=1S/C16H16N4S/c1-2-8-19-14(5-1)11-18-9-6-16-20-15(12-21-16)13-4-3-7-17-10-13/h1-5,7-8,10,12,18H,6,9,11H2. The van der Waals surface area contributed by atoms with Crippen LogP contribution in [0.1, 0.15) is 10.7 Å². The van der Waals surface area contributed by atoms with E-state index in [4.69, 9.17) is 0 Å². The van der Waals surface area contributed by atoms with Gasteiger partial charge in [0.05, 0.1) is 16.4 Å². The lowest BCUT2D eigenvalue weighted by atomic mass is 10.2. The van der Waals surface area contributed by atoms with Crippen molar-refractivity contribution < 1.29 is 0 Å². The van der Waals surface area contributed by atoms with Gasteiger partial charge in [0, 0.05) is 49.0 Å². The zero-order valence-electron chi connectivity index (χ0n) is 11.6. The van der Waals surface area contributed by atoms with E-state index in [2.05, 4.69) is 25.6 Å². The number of hydrogen-bond donors (Lipinski definition) is 1. The molecule has 0 saturated heterocycles. The third-order valence-electron chi connectivity index (χ3n) is 3.06. The van der Waals surface area contributed by atoms with Gasteiger partial charge < -0.3 is 5.32 Å². The molecule has 0 fully saturated rings. The van der Waals surface area contributed by atoms with Crippen molar-refractivity contribution in [2.75, 3.05) is 6.54 Å². The molecule has 0 atom stereocenters. The van der Waals surface area contributed by atoms with Crippen LogP contribution in [-0.2, 0) is 13.0 Å². The molecule has 4 nitrogen and oxygen atoms in total. The molecule has 0 aromatic carbocycles. The number of thiazole rings is 1. The topological polar surface area (TPSA) is 50.7 Å². The van der Waals surface area contributed by atoms with Gasteiger partial charge in [0.15, 0.2) is 0 Å². The summed E-state index contributed by atoms with van der Waals surface area (Å²) in [6, 6.07) is 9.93. The van der Waals surface area contributed by atoms with Crippen LogP contribution in [0.2, 0.25) is 0 Å². The molecule has 0 aliphatic carbocycles. The van der Waals surface area contributed by atoms with Crippen molar-refractivity contribution in [2.45, 2.75) is 13.0 Å². The third kappa shape index (κ3) is 3.93. The summed E-state index contributed by atoms with van der Waals surface area (Å²) in [5.74, 6) is 0. The molecule has 5 heteroatoms. The van der Waals surface area contributed by atoms with Crippen LogP contribution in [0.5, 0.6) is 0 Å². The summed E-state index contributed by atoms with van der Waals surface area (Å²) in [6.07, 6.45) is 6.37. The van der Waals surface area contributed by atoms with Gasteiger partial charge in [-0.1, -0.05) is 6.07 Å². The molecule has 0 aliphatic heterocycles. The maximum absolute atomic E-state index is 4.65. The molecular weight excluding hydrogens is 280 g/mol. The maximum atomic E-state index is 4.65. The highest BCUT2D eigenvalue weighted by molar-refractivity contribution is 7.09. The van der Waals surface area contributed by atoms with Crippen molar-refractivity contribution in [1.82, 2.24) is 20.3 Å². The lowest BCUT2D eigenvalue weighted by molar-refractivity contribution is 0.673. The Morgan fingerprint density at radius 1 is 1.10 bits per heavy atom. The summed E-state index contributed by atoms with van der Waals surface area (Å²) in [7, 11) is 0. The van der Waals surface area contributed by atoms with Crippen LogP contribution in [0.25, 0.3) is 11.3 Å². The Hall–Kier alpha value is -2.11. The zero-order valence-corrected chi connectivity index (χ0v) is 12.4. The van der Waals surface area contributed by atoms with Gasteiger partial charge in [0.25, 0.3) is 0 Å². The first-order chi connectivity index (χ1) is 10.4. The zero-order chi connectivity index (χ0) is 14.3. The minimum absolute atomic E-state index is 0.793. The lowest BCUT2D eigenvalue weighted by Gasteiger charge is -2.02. The molecule has 3 aromatic rings. The minimum atomic E-state index is 0.793. The Kier molecular flexibility index (Phi) is 4.66. The van der Waals surface area contributed by atoms with E-state index >= 15 is 0 Å². The molecule has 0 radical (unpaired) electrons. The van der Waals surface area contributed by atoms with Gasteiger partial charge >= 0.3 is 0 Å². The fourth-order valence-corrected chi connectivity index (χ4v) is 2.79. The fraction of sp³-hybridized carbons (Fsp3) is 0.188. The molecule has 3 heterocycles. The normalized spacial score (nSPS) is 10.7. The first kappa shape index (κ1) is 13.9. The fourth-order valence-electron chi connectivity index (χ4n) is 1.99. The summed E-state index contributed by atoms with van der Waals surface area (Å²) >= 11 is 1.70. The summed E-state index contributed by atoms with van der Waals surface area (Å²) in [6.45, 7) is 1.69. The number of rotatable bonds is 6. The number of hydrogen-bond acceptors (Lipinski definition) is 5. The van der Waals surface area contributed by atoms with Crippen LogP contribution in [0.3, 0.4) is 0 Å². The molecule has 1 N–H and O–H groups in total. The highest BCUT2D eigenvalue weighted by atomic mass is 32.1. The number of pyridine rings is 2. The van der Waals surface area contributed by atoms with E-state index in [9.17, 15) is 0 Å². The smallest absolute Gasteiger partial charge is 0.0945 e. The van der Waals surface area contributed by atoms with E-state index in [0.29, 0.717) is 0 Å². The summed E-state index contributed by atoms with van der Waals surface area (Å²) < 4.78 is 0. The Morgan fingerprint density at radius 3 is 2.90 bits per heavy atom. The van der Waals surface area contributed by atoms with Crippen LogP contribution in [0, 0.1) is 0 Å². The second-order valence-corrected chi connectivity index (χ2v) is 5.56. The molecule has 21 heavy (non-hydrogen) atoms. The molecule has 0 spiro atoms. The molecule has 3 aromatic heterocycles. The molecule has 0 unspecified atom stereocenters. The van der Waals surface area contributed by atoms with Crippen LogP contribution in [-0.4, -0.2) is 21.5 Å². The second-order valence-electron chi connectivity index (χ2n) is 4.62. The number of nitrogens with zero attached hydrogens (tertiary/aromatic N) is 3. The van der Waals surface area contributed by atoms with Crippen molar-refractivity contribution in [3.05, 3.63) is 65.0 Å². The largest absolute Gasteiger partial charge is 0.311 e. The van der Waals surface area contributed by atoms with E-state index in [1.807, 2.05) is 42.7 Å². The van der Waals surface area contributed by atoms with E-state index in [1.165, 1.54) is 0 Å². The molecule has 0 aliphatic rings. The van der Waals surface area contributed by atoms with Gasteiger partial charge in [-0.15, -0.1) is 11.3 Å². The summed E-state index contributed by atoms with van der Waals surface area (Å²) in [5, 5.41) is 6.62. The van der Waals surface area contributed by atoms with Crippen molar-refractivity contribution in [2.24, 2.45) is 0 Å². The number of aromatic nitrogens is 3. The van der Waals surface area contributed by atoms with Crippen molar-refractivity contribution >= 4 is 11.3 Å². The first-order valence-corrected chi connectivity index (χ1v) is 7.75. The van der Waals surface area contributed by atoms with Gasteiger partial charge in [-0.2, -0.15) is 0 Å². The Bertz CT molecular complexity index is 667. The van der Waals surface area contributed by atoms with Gasteiger partial charge in [-0.05, 0) is 24.3 Å². The van der Waals surface area contributed by atoms with Crippen molar-refractivity contribution in [3.63, 3.8) is 0 Å². The van der Waals surface area contributed by atoms with Gasteiger partial charge in [-0.25, -0.2) is 4.98 Å². The van der Waals surface area contributed by atoms with Crippen LogP contribution in [0.4, 0.5) is 0 Å². The van der Waals surface area contributed by atoms with Crippen LogP contribution < -0.4 is 5.32 Å². The lowest BCUT2D eigenvalue weighted by Crippen LogP contribution is -2.17. The monoisotopic (exact) mass is 296 g/mol. The summed E-state index contributed by atoms with van der Waals surface area (Å²) in [5.41, 5.74) is 3.14. The predicted molar refractivity (Wildman–Crippen MR) is 85.0 cm³/mol. The molecule has 3 rings (SSSR count). The Balaban J connectivity index is 1.49. The molecule has 0 bridgehead atoms. The van der Waals surface area contributed by atoms with Crippen molar-refractivity contribution in [1.29, 1.82) is 0 Å². The average molecular weight is 296 g/mol.